The second kappa shape index (κ2) is 6.81. The fraction of sp³-hybridized carbons (Fsp3) is 0.533. The zero-order chi connectivity index (χ0) is 14.5. The molecular formula is C15H21FN2O2. The number of halogens is 1. The molecule has 1 saturated carbocycles. The van der Waals surface area contributed by atoms with Gasteiger partial charge in [-0.2, -0.15) is 0 Å². The van der Waals surface area contributed by atoms with Crippen LogP contribution in [0.15, 0.2) is 18.2 Å². The van der Waals surface area contributed by atoms with Gasteiger partial charge in [0.15, 0.2) is 0 Å². The summed E-state index contributed by atoms with van der Waals surface area (Å²) in [7, 11) is 0. The van der Waals surface area contributed by atoms with Crippen molar-refractivity contribution in [1.82, 2.24) is 5.43 Å². The van der Waals surface area contributed by atoms with Gasteiger partial charge in [0.25, 0.3) is 5.91 Å². The minimum atomic E-state index is -0.433. The number of hydrazine groups is 1. The van der Waals surface area contributed by atoms with E-state index in [1.807, 2.05) is 5.43 Å². The van der Waals surface area contributed by atoms with Crippen LogP contribution in [0, 0.1) is 11.7 Å². The van der Waals surface area contributed by atoms with Gasteiger partial charge in [0, 0.05) is 11.1 Å². The lowest BCUT2D eigenvalue weighted by atomic mass is 9.89. The second-order valence-electron chi connectivity index (χ2n) is 5.48. The first-order chi connectivity index (χ1) is 9.60. The molecule has 5 heteroatoms. The minimum absolute atomic E-state index is 0.185. The standard InChI is InChI=1S/C15H21FN2O2/c1-10-3-2-4-13(7-10)20-9-12-8-11(15(19)18-17)5-6-14(12)16/h5-6,8,10,13H,2-4,7,9,17H2,1H3,(H,18,19). The van der Waals surface area contributed by atoms with E-state index in [4.69, 9.17) is 10.6 Å². The molecule has 1 amide bonds. The lowest BCUT2D eigenvalue weighted by molar-refractivity contribution is 0.00352. The van der Waals surface area contributed by atoms with Gasteiger partial charge < -0.3 is 4.74 Å². The third-order valence-corrected chi connectivity index (χ3v) is 3.80. The number of carbonyl (C=O) groups excluding carboxylic acids is 1. The number of amides is 1. The van der Waals surface area contributed by atoms with Crippen molar-refractivity contribution in [3.8, 4) is 0 Å². The summed E-state index contributed by atoms with van der Waals surface area (Å²) in [6, 6.07) is 4.17. The predicted octanol–water partition coefficient (Wildman–Crippen LogP) is 2.52. The van der Waals surface area contributed by atoms with Crippen LogP contribution < -0.4 is 11.3 Å². The van der Waals surface area contributed by atoms with Gasteiger partial charge in [0.05, 0.1) is 12.7 Å². The Bertz CT molecular complexity index is 479. The Morgan fingerprint density at radius 1 is 1.50 bits per heavy atom. The highest BCUT2D eigenvalue weighted by Gasteiger charge is 2.20. The topological polar surface area (TPSA) is 64.3 Å². The highest BCUT2D eigenvalue weighted by atomic mass is 19.1. The van der Waals surface area contributed by atoms with Gasteiger partial charge in [-0.15, -0.1) is 0 Å². The van der Waals surface area contributed by atoms with Crippen molar-refractivity contribution in [1.29, 1.82) is 0 Å². The molecule has 2 unspecified atom stereocenters. The zero-order valence-corrected chi connectivity index (χ0v) is 11.7. The normalized spacial score (nSPS) is 22.6. The molecule has 1 aromatic rings. The van der Waals surface area contributed by atoms with Crippen LogP contribution in [0.5, 0.6) is 0 Å². The first-order valence-electron chi connectivity index (χ1n) is 7.01. The van der Waals surface area contributed by atoms with Crippen LogP contribution in [0.25, 0.3) is 0 Å². The summed E-state index contributed by atoms with van der Waals surface area (Å²) in [6.45, 7) is 2.40. The van der Waals surface area contributed by atoms with Crippen molar-refractivity contribution in [2.45, 2.75) is 45.3 Å². The summed E-state index contributed by atoms with van der Waals surface area (Å²) in [5, 5.41) is 0. The Labute approximate surface area is 118 Å². The van der Waals surface area contributed by atoms with Crippen molar-refractivity contribution >= 4 is 5.91 Å². The number of nitrogens with one attached hydrogen (secondary N) is 1. The number of hydrogen-bond donors (Lipinski definition) is 2. The second-order valence-corrected chi connectivity index (χ2v) is 5.48. The number of benzene rings is 1. The van der Waals surface area contributed by atoms with Gasteiger partial charge >= 0.3 is 0 Å². The molecule has 1 aromatic carbocycles. The maximum Gasteiger partial charge on any atom is 0.265 e. The van der Waals surface area contributed by atoms with Crippen LogP contribution >= 0.6 is 0 Å². The van der Waals surface area contributed by atoms with E-state index in [-0.39, 0.29) is 18.5 Å². The van der Waals surface area contributed by atoms with Crippen LogP contribution in [-0.4, -0.2) is 12.0 Å². The van der Waals surface area contributed by atoms with Crippen molar-refractivity contribution in [3.05, 3.63) is 35.1 Å². The number of carbonyl (C=O) groups is 1. The molecule has 110 valence electrons. The van der Waals surface area contributed by atoms with Gasteiger partial charge in [-0.25, -0.2) is 10.2 Å². The van der Waals surface area contributed by atoms with Crippen LogP contribution in [0.1, 0.15) is 48.5 Å². The molecule has 2 rings (SSSR count). The van der Waals surface area contributed by atoms with E-state index < -0.39 is 5.91 Å². The maximum absolute atomic E-state index is 13.7. The molecule has 0 spiro atoms. The number of nitrogens with two attached hydrogens (primary N) is 1. The number of hydrogen-bond acceptors (Lipinski definition) is 3. The van der Waals surface area contributed by atoms with E-state index in [9.17, 15) is 9.18 Å². The summed E-state index contributed by atoms with van der Waals surface area (Å²) in [5.41, 5.74) is 2.77. The Morgan fingerprint density at radius 2 is 2.30 bits per heavy atom. The highest BCUT2D eigenvalue weighted by molar-refractivity contribution is 5.93. The summed E-state index contributed by atoms with van der Waals surface area (Å²) in [4.78, 5) is 11.4. The van der Waals surface area contributed by atoms with Crippen molar-refractivity contribution in [2.24, 2.45) is 11.8 Å². The molecule has 4 nitrogen and oxygen atoms in total. The molecule has 20 heavy (non-hydrogen) atoms. The molecular weight excluding hydrogens is 259 g/mol. The molecule has 0 aliphatic heterocycles. The number of nitrogen functional groups attached to an aromatic ring is 1. The molecule has 0 aromatic heterocycles. The van der Waals surface area contributed by atoms with E-state index in [1.54, 1.807) is 0 Å². The van der Waals surface area contributed by atoms with E-state index in [0.29, 0.717) is 17.0 Å². The SMILES string of the molecule is CC1CCCC(OCc2cc(C(=O)NN)ccc2F)C1. The van der Waals surface area contributed by atoms with E-state index in [0.717, 1.165) is 19.3 Å². The lowest BCUT2D eigenvalue weighted by Crippen LogP contribution is -2.30. The van der Waals surface area contributed by atoms with Gasteiger partial charge in [0.2, 0.25) is 0 Å². The highest BCUT2D eigenvalue weighted by Crippen LogP contribution is 2.26. The third-order valence-electron chi connectivity index (χ3n) is 3.80. The van der Waals surface area contributed by atoms with Gasteiger partial charge in [0.1, 0.15) is 5.82 Å². The molecule has 1 fully saturated rings. The lowest BCUT2D eigenvalue weighted by Gasteiger charge is -2.26. The van der Waals surface area contributed by atoms with Crippen LogP contribution in [-0.2, 0) is 11.3 Å². The number of rotatable bonds is 4. The maximum atomic E-state index is 13.7. The molecule has 1 aliphatic carbocycles. The average Bonchev–Trinajstić information content (AvgIpc) is 2.45. The Hall–Kier alpha value is -1.46. The van der Waals surface area contributed by atoms with Crippen LogP contribution in [0.2, 0.25) is 0 Å². The van der Waals surface area contributed by atoms with E-state index in [2.05, 4.69) is 6.92 Å². The fourth-order valence-corrected chi connectivity index (χ4v) is 2.65. The quantitative estimate of drug-likeness (QED) is 0.506. The summed E-state index contributed by atoms with van der Waals surface area (Å²) < 4.78 is 19.5. The summed E-state index contributed by atoms with van der Waals surface area (Å²) in [6.07, 6.45) is 4.62. The molecule has 3 N–H and O–H groups in total. The summed E-state index contributed by atoms with van der Waals surface area (Å²) >= 11 is 0. The molecule has 1 aliphatic rings. The first kappa shape index (κ1) is 14.9. The Kier molecular flexibility index (Phi) is 5.09. The number of ether oxygens (including phenoxy) is 1. The predicted molar refractivity (Wildman–Crippen MR) is 74.3 cm³/mol. The largest absolute Gasteiger partial charge is 0.373 e. The first-order valence-corrected chi connectivity index (χ1v) is 7.01. The van der Waals surface area contributed by atoms with Crippen molar-refractivity contribution in [2.75, 3.05) is 0 Å². The monoisotopic (exact) mass is 280 g/mol. The summed E-state index contributed by atoms with van der Waals surface area (Å²) in [5.74, 6) is 4.94. The van der Waals surface area contributed by atoms with Gasteiger partial charge in [-0.05, 0) is 37.0 Å². The van der Waals surface area contributed by atoms with E-state index >= 15 is 0 Å². The molecule has 0 saturated heterocycles. The molecule has 0 radical (unpaired) electrons. The van der Waals surface area contributed by atoms with Gasteiger partial charge in [-0.3, -0.25) is 10.2 Å². The zero-order valence-electron chi connectivity index (χ0n) is 11.7. The van der Waals surface area contributed by atoms with Crippen molar-refractivity contribution < 1.29 is 13.9 Å². The smallest absolute Gasteiger partial charge is 0.265 e. The van der Waals surface area contributed by atoms with Crippen molar-refractivity contribution in [3.63, 3.8) is 0 Å². The van der Waals surface area contributed by atoms with Crippen LogP contribution in [0.3, 0.4) is 0 Å². The molecule has 0 bridgehead atoms. The van der Waals surface area contributed by atoms with Gasteiger partial charge in [-0.1, -0.05) is 19.8 Å². The Balaban J connectivity index is 1.99. The third kappa shape index (κ3) is 3.77. The molecule has 2 atom stereocenters. The van der Waals surface area contributed by atoms with Crippen LogP contribution in [0.4, 0.5) is 4.39 Å². The van der Waals surface area contributed by atoms with E-state index in [1.165, 1.54) is 24.6 Å². The minimum Gasteiger partial charge on any atom is -0.373 e. The Morgan fingerprint density at radius 3 is 3.00 bits per heavy atom. The molecule has 0 heterocycles. The fourth-order valence-electron chi connectivity index (χ4n) is 2.65. The average molecular weight is 280 g/mol.